The second-order valence-corrected chi connectivity index (χ2v) is 14.8. The van der Waals surface area contributed by atoms with Crippen LogP contribution in [0, 0.1) is 5.82 Å². The van der Waals surface area contributed by atoms with Crippen LogP contribution in [0.2, 0.25) is 0 Å². The molecular weight excluding hydrogens is 653 g/mol. The van der Waals surface area contributed by atoms with Crippen LogP contribution in [0.3, 0.4) is 0 Å². The van der Waals surface area contributed by atoms with E-state index in [9.17, 15) is 34.7 Å². The van der Waals surface area contributed by atoms with Crippen molar-refractivity contribution in [3.63, 3.8) is 0 Å². The number of nitrogens with one attached hydrogen (secondary N) is 1. The number of benzene rings is 1. The maximum absolute atomic E-state index is 13.0. The molecule has 1 saturated heterocycles. The first-order valence-electron chi connectivity index (χ1n) is 20.4. The van der Waals surface area contributed by atoms with Gasteiger partial charge < -0.3 is 40.3 Å². The highest BCUT2D eigenvalue weighted by Gasteiger charge is 2.44. The van der Waals surface area contributed by atoms with Gasteiger partial charge in [-0.25, -0.2) is 4.39 Å². The standard InChI is InChI=1S/C41H72FNO8/c1-2-3-4-5-6-7-8-9-10-11-15-18-21-24-35(45)34(31-50-41-40(49)39(48)38(47)36(30-44)51-41)43-37(46)25-22-19-16-13-12-14-17-20-23-32-26-28-33(42)29-27-32/h26-29,34-36,38-41,44-45,47-49H,2-25,30-31H2,1H3,(H,43,46)/t34-,35+,36?,38-,39?,40?,41-/m0/s1. The molecule has 1 aliphatic rings. The number of carbonyl (C=O) groups excluding carboxylic acids is 1. The number of hydrogen-bond acceptors (Lipinski definition) is 8. The van der Waals surface area contributed by atoms with E-state index in [2.05, 4.69) is 12.2 Å². The van der Waals surface area contributed by atoms with Crippen LogP contribution in [0.25, 0.3) is 0 Å². The Balaban J connectivity index is 1.67. The summed E-state index contributed by atoms with van der Waals surface area (Å²) < 4.78 is 24.2. The first-order valence-corrected chi connectivity index (χ1v) is 20.4. The first kappa shape index (κ1) is 45.5. The van der Waals surface area contributed by atoms with Crippen LogP contribution < -0.4 is 5.32 Å². The van der Waals surface area contributed by atoms with Gasteiger partial charge in [-0.05, 0) is 43.4 Å². The average Bonchev–Trinajstić information content (AvgIpc) is 3.13. The molecule has 9 nitrogen and oxygen atoms in total. The summed E-state index contributed by atoms with van der Waals surface area (Å²) in [5.74, 6) is -0.377. The quantitative estimate of drug-likeness (QED) is 0.0448. The van der Waals surface area contributed by atoms with Crippen molar-refractivity contribution in [1.82, 2.24) is 5.32 Å². The van der Waals surface area contributed by atoms with Crippen LogP contribution in [0.4, 0.5) is 4.39 Å². The molecule has 7 atom stereocenters. The zero-order chi connectivity index (χ0) is 37.1. The van der Waals surface area contributed by atoms with Crippen LogP contribution >= 0.6 is 0 Å². The van der Waals surface area contributed by atoms with Gasteiger partial charge in [0.2, 0.25) is 5.91 Å². The molecule has 296 valence electrons. The van der Waals surface area contributed by atoms with E-state index >= 15 is 0 Å². The van der Waals surface area contributed by atoms with Crippen LogP contribution in [0.15, 0.2) is 24.3 Å². The van der Waals surface area contributed by atoms with Crippen molar-refractivity contribution in [1.29, 1.82) is 0 Å². The maximum Gasteiger partial charge on any atom is 0.220 e. The van der Waals surface area contributed by atoms with Crippen LogP contribution in [0.5, 0.6) is 0 Å². The topological polar surface area (TPSA) is 149 Å². The third-order valence-corrected chi connectivity index (χ3v) is 10.2. The fourth-order valence-electron chi connectivity index (χ4n) is 6.83. The van der Waals surface area contributed by atoms with Gasteiger partial charge in [0, 0.05) is 6.42 Å². The summed E-state index contributed by atoms with van der Waals surface area (Å²) in [6.45, 7) is 1.52. The second kappa shape index (κ2) is 28.8. The number of hydrogen-bond donors (Lipinski definition) is 6. The Morgan fingerprint density at radius 3 is 1.80 bits per heavy atom. The largest absolute Gasteiger partial charge is 0.394 e. The van der Waals surface area contributed by atoms with Gasteiger partial charge in [0.1, 0.15) is 30.2 Å². The Labute approximate surface area is 307 Å². The Morgan fingerprint density at radius 1 is 0.745 bits per heavy atom. The second-order valence-electron chi connectivity index (χ2n) is 14.8. The molecular formula is C41H72FNO8. The maximum atomic E-state index is 13.0. The van der Waals surface area contributed by atoms with Crippen molar-refractivity contribution in [2.24, 2.45) is 0 Å². The van der Waals surface area contributed by atoms with E-state index in [0.29, 0.717) is 12.8 Å². The highest BCUT2D eigenvalue weighted by atomic mass is 19.1. The van der Waals surface area contributed by atoms with Crippen molar-refractivity contribution < 1.29 is 44.2 Å². The molecule has 10 heteroatoms. The number of halogens is 1. The Bertz CT molecular complexity index is 983. The van der Waals surface area contributed by atoms with E-state index in [0.717, 1.165) is 77.0 Å². The fourth-order valence-corrected chi connectivity index (χ4v) is 6.83. The number of ether oxygens (including phenoxy) is 2. The normalized spacial score (nSPS) is 21.8. The number of rotatable bonds is 31. The minimum atomic E-state index is -1.56. The van der Waals surface area contributed by atoms with Crippen LogP contribution in [-0.2, 0) is 20.7 Å². The molecule has 0 aliphatic carbocycles. The van der Waals surface area contributed by atoms with Crippen molar-refractivity contribution >= 4 is 5.91 Å². The first-order chi connectivity index (χ1) is 24.8. The average molecular weight is 726 g/mol. The predicted molar refractivity (Wildman–Crippen MR) is 200 cm³/mol. The summed E-state index contributed by atoms with van der Waals surface area (Å²) in [6.07, 6.45) is 18.3. The van der Waals surface area contributed by atoms with Crippen molar-refractivity contribution in [3.8, 4) is 0 Å². The number of amides is 1. The van der Waals surface area contributed by atoms with Crippen molar-refractivity contribution in [2.45, 2.75) is 204 Å². The zero-order valence-corrected chi connectivity index (χ0v) is 31.6. The van der Waals surface area contributed by atoms with Gasteiger partial charge in [0.05, 0.1) is 25.4 Å². The molecule has 6 N–H and O–H groups in total. The highest BCUT2D eigenvalue weighted by molar-refractivity contribution is 5.76. The smallest absolute Gasteiger partial charge is 0.220 e. The summed E-state index contributed by atoms with van der Waals surface area (Å²) in [4.78, 5) is 12.9. The van der Waals surface area contributed by atoms with Gasteiger partial charge in [-0.1, -0.05) is 141 Å². The van der Waals surface area contributed by atoms with E-state index < -0.39 is 49.5 Å². The molecule has 0 aromatic heterocycles. The van der Waals surface area contributed by atoms with Crippen molar-refractivity contribution in [3.05, 3.63) is 35.6 Å². The predicted octanol–water partition coefficient (Wildman–Crippen LogP) is 7.02. The molecule has 1 aromatic rings. The molecule has 0 spiro atoms. The van der Waals surface area contributed by atoms with Gasteiger partial charge in [0.15, 0.2) is 6.29 Å². The molecule has 51 heavy (non-hydrogen) atoms. The van der Waals surface area contributed by atoms with Gasteiger partial charge >= 0.3 is 0 Å². The minimum absolute atomic E-state index is 0.158. The van der Waals surface area contributed by atoms with Crippen LogP contribution in [-0.4, -0.2) is 87.5 Å². The summed E-state index contributed by atoms with van der Waals surface area (Å²) in [5.41, 5.74) is 1.17. The lowest BCUT2D eigenvalue weighted by atomic mass is 9.99. The van der Waals surface area contributed by atoms with E-state index in [-0.39, 0.29) is 18.3 Å². The number of aliphatic hydroxyl groups is 5. The molecule has 1 aliphatic heterocycles. The number of aryl methyl sites for hydroxylation is 1. The van der Waals surface area contributed by atoms with Crippen LogP contribution in [0.1, 0.15) is 160 Å². The fraction of sp³-hybridized carbons (Fsp3) is 0.829. The molecule has 1 amide bonds. The van der Waals surface area contributed by atoms with Crippen molar-refractivity contribution in [2.75, 3.05) is 13.2 Å². The molecule has 1 fully saturated rings. The summed E-state index contributed by atoms with van der Waals surface area (Å²) >= 11 is 0. The lowest BCUT2D eigenvalue weighted by Gasteiger charge is -2.40. The van der Waals surface area contributed by atoms with E-state index in [1.807, 2.05) is 12.1 Å². The van der Waals surface area contributed by atoms with Gasteiger partial charge in [-0.15, -0.1) is 0 Å². The third kappa shape index (κ3) is 20.4. The summed E-state index contributed by atoms with van der Waals surface area (Å²) in [7, 11) is 0. The van der Waals surface area contributed by atoms with E-state index in [1.165, 1.54) is 81.9 Å². The number of aliphatic hydroxyl groups excluding tert-OH is 5. The SMILES string of the molecule is CCCCCCCCCCCCCCC[C@@H](O)[C@H](CO[C@H]1OC(CO)[C@H](O)C(O)C1O)NC(=O)CCCCCCCCCCc1ccc(F)cc1. The number of carbonyl (C=O) groups is 1. The Kier molecular flexibility index (Phi) is 25.7. The Morgan fingerprint density at radius 2 is 1.25 bits per heavy atom. The Hall–Kier alpha value is -1.66. The monoisotopic (exact) mass is 726 g/mol. The van der Waals surface area contributed by atoms with Gasteiger partial charge in [-0.2, -0.15) is 0 Å². The zero-order valence-electron chi connectivity index (χ0n) is 31.6. The summed E-state index contributed by atoms with van der Waals surface area (Å²) in [6, 6.07) is 5.98. The number of unbranched alkanes of at least 4 members (excludes halogenated alkanes) is 19. The molecule has 2 rings (SSSR count). The molecule has 3 unspecified atom stereocenters. The molecule has 1 heterocycles. The van der Waals surface area contributed by atoms with Gasteiger partial charge in [-0.3, -0.25) is 4.79 Å². The minimum Gasteiger partial charge on any atom is -0.394 e. The summed E-state index contributed by atoms with van der Waals surface area (Å²) in [5, 5.41) is 54.1. The third-order valence-electron chi connectivity index (χ3n) is 10.2. The van der Waals surface area contributed by atoms with Gasteiger partial charge in [0.25, 0.3) is 0 Å². The molecule has 0 radical (unpaired) electrons. The highest BCUT2D eigenvalue weighted by Crippen LogP contribution is 2.23. The van der Waals surface area contributed by atoms with E-state index in [4.69, 9.17) is 9.47 Å². The molecule has 0 bridgehead atoms. The lowest BCUT2D eigenvalue weighted by molar-refractivity contribution is -0.302. The molecule has 0 saturated carbocycles. The van der Waals surface area contributed by atoms with E-state index in [1.54, 1.807) is 0 Å². The molecule has 1 aromatic carbocycles. The lowest BCUT2D eigenvalue weighted by Crippen LogP contribution is -2.60.